The summed E-state index contributed by atoms with van der Waals surface area (Å²) in [5.74, 6) is 1.31. The molecule has 0 aliphatic carbocycles. The molecule has 1 aliphatic heterocycles. The third-order valence-electron chi connectivity index (χ3n) is 3.73. The Morgan fingerprint density at radius 2 is 2.18 bits per heavy atom. The number of benzene rings is 1. The molecule has 0 spiro atoms. The van der Waals surface area contributed by atoms with Crippen molar-refractivity contribution in [1.82, 2.24) is 15.0 Å². The summed E-state index contributed by atoms with van der Waals surface area (Å²) in [6, 6.07) is 10.4. The lowest BCUT2D eigenvalue weighted by Crippen LogP contribution is -2.40. The molecule has 0 N–H and O–H groups in total. The minimum Gasteiger partial charge on any atom is -0.378 e. The first-order valence-electron chi connectivity index (χ1n) is 7.56. The molecule has 22 heavy (non-hydrogen) atoms. The Morgan fingerprint density at radius 1 is 1.36 bits per heavy atom. The Labute approximate surface area is 130 Å². The summed E-state index contributed by atoms with van der Waals surface area (Å²) in [7, 11) is 0. The lowest BCUT2D eigenvalue weighted by atomic mass is 10.1. The number of morpholine rings is 1. The van der Waals surface area contributed by atoms with Gasteiger partial charge in [-0.3, -0.25) is 4.90 Å². The Morgan fingerprint density at radius 3 is 2.91 bits per heavy atom. The summed E-state index contributed by atoms with van der Waals surface area (Å²) in [6.45, 7) is 7.05. The van der Waals surface area contributed by atoms with Crippen LogP contribution in [0.3, 0.4) is 0 Å². The van der Waals surface area contributed by atoms with Crippen molar-refractivity contribution < 1.29 is 9.26 Å². The van der Waals surface area contributed by atoms with Gasteiger partial charge in [-0.05, 0) is 19.4 Å². The Hall–Kier alpha value is -1.98. The molecule has 1 fully saturated rings. The van der Waals surface area contributed by atoms with Crippen molar-refractivity contribution in [3.8, 4) is 0 Å². The van der Waals surface area contributed by atoms with E-state index in [0.29, 0.717) is 18.3 Å². The summed E-state index contributed by atoms with van der Waals surface area (Å²) in [6.07, 6.45) is 2.21. The first kappa shape index (κ1) is 14.9. The van der Waals surface area contributed by atoms with Gasteiger partial charge in [-0.1, -0.05) is 47.1 Å². The Kier molecular flexibility index (Phi) is 4.65. The molecule has 1 saturated heterocycles. The minimum absolute atomic E-state index is 0.0362. The molecule has 0 radical (unpaired) electrons. The van der Waals surface area contributed by atoms with Crippen LogP contribution in [0.5, 0.6) is 0 Å². The predicted octanol–water partition coefficient (Wildman–Crippen LogP) is 2.85. The van der Waals surface area contributed by atoms with Crippen LogP contribution in [0, 0.1) is 6.92 Å². The lowest BCUT2D eigenvalue weighted by Gasteiger charge is -2.33. The van der Waals surface area contributed by atoms with Crippen LogP contribution in [0.4, 0.5) is 0 Å². The van der Waals surface area contributed by atoms with E-state index in [1.807, 2.05) is 13.0 Å². The fraction of sp³-hybridized carbons (Fsp3) is 0.412. The van der Waals surface area contributed by atoms with Crippen LogP contribution in [-0.4, -0.2) is 41.3 Å². The highest BCUT2D eigenvalue weighted by molar-refractivity contribution is 5.52. The number of hydrogen-bond acceptors (Lipinski definition) is 5. The molecule has 1 unspecified atom stereocenters. The molecule has 0 amide bonds. The van der Waals surface area contributed by atoms with E-state index < -0.39 is 0 Å². The third-order valence-corrected chi connectivity index (χ3v) is 3.73. The van der Waals surface area contributed by atoms with Gasteiger partial charge in [0.15, 0.2) is 5.82 Å². The number of ether oxygens (including phenoxy) is 1. The first-order chi connectivity index (χ1) is 10.7. The smallest absolute Gasteiger partial charge is 0.246 e. The van der Waals surface area contributed by atoms with Crippen LogP contribution in [0.1, 0.15) is 30.2 Å². The molecule has 1 aromatic heterocycles. The van der Waals surface area contributed by atoms with Crippen LogP contribution >= 0.6 is 0 Å². The van der Waals surface area contributed by atoms with E-state index in [9.17, 15) is 0 Å². The van der Waals surface area contributed by atoms with Gasteiger partial charge in [0.05, 0.1) is 13.2 Å². The van der Waals surface area contributed by atoms with E-state index >= 15 is 0 Å². The quantitative estimate of drug-likeness (QED) is 0.869. The van der Waals surface area contributed by atoms with Crippen LogP contribution < -0.4 is 0 Å². The Bertz CT molecular complexity index is 636. The minimum atomic E-state index is 0.0362. The summed E-state index contributed by atoms with van der Waals surface area (Å²) >= 11 is 0. The van der Waals surface area contributed by atoms with Gasteiger partial charge in [-0.2, -0.15) is 4.98 Å². The first-order valence-corrected chi connectivity index (χ1v) is 7.56. The maximum absolute atomic E-state index is 5.59. The maximum Gasteiger partial charge on any atom is 0.246 e. The monoisotopic (exact) mass is 299 g/mol. The summed E-state index contributed by atoms with van der Waals surface area (Å²) < 4.78 is 10.9. The molecule has 2 heterocycles. The zero-order valence-corrected chi connectivity index (χ0v) is 13.0. The fourth-order valence-corrected chi connectivity index (χ4v) is 2.70. The van der Waals surface area contributed by atoms with Gasteiger partial charge < -0.3 is 9.26 Å². The highest BCUT2D eigenvalue weighted by atomic mass is 16.5. The molecule has 1 aromatic carbocycles. The molecular formula is C17H21N3O2. The highest BCUT2D eigenvalue weighted by Crippen LogP contribution is 2.24. The summed E-state index contributed by atoms with van der Waals surface area (Å²) in [5.41, 5.74) is 2.52. The van der Waals surface area contributed by atoms with Gasteiger partial charge in [-0.15, -0.1) is 0 Å². The molecule has 5 nitrogen and oxygen atoms in total. The van der Waals surface area contributed by atoms with Crippen molar-refractivity contribution in [2.24, 2.45) is 0 Å². The Balaban J connectivity index is 1.73. The van der Waals surface area contributed by atoms with Crippen LogP contribution in [0.2, 0.25) is 0 Å². The van der Waals surface area contributed by atoms with E-state index in [-0.39, 0.29) is 6.04 Å². The van der Waals surface area contributed by atoms with Gasteiger partial charge in [0.1, 0.15) is 6.04 Å². The second-order valence-electron chi connectivity index (χ2n) is 5.64. The largest absolute Gasteiger partial charge is 0.378 e. The fourth-order valence-electron chi connectivity index (χ4n) is 2.70. The van der Waals surface area contributed by atoms with Crippen molar-refractivity contribution in [2.75, 3.05) is 26.3 Å². The lowest BCUT2D eigenvalue weighted by molar-refractivity contribution is -0.0152. The third kappa shape index (κ3) is 3.61. The SMILES string of the molecule is CC(=Cc1ccccc1)CN1CCOCC1c1nc(C)no1. The second-order valence-corrected chi connectivity index (χ2v) is 5.64. The maximum atomic E-state index is 5.59. The number of hydrogen-bond donors (Lipinski definition) is 0. The highest BCUT2D eigenvalue weighted by Gasteiger charge is 2.29. The van der Waals surface area contributed by atoms with Crippen LogP contribution in [-0.2, 0) is 4.74 Å². The van der Waals surface area contributed by atoms with E-state index in [1.165, 1.54) is 11.1 Å². The molecule has 2 aromatic rings. The number of aromatic nitrogens is 2. The molecule has 5 heteroatoms. The van der Waals surface area contributed by atoms with Gasteiger partial charge in [0.2, 0.25) is 5.89 Å². The molecule has 3 rings (SSSR count). The normalized spacial score (nSPS) is 20.3. The van der Waals surface area contributed by atoms with Gasteiger partial charge >= 0.3 is 0 Å². The van der Waals surface area contributed by atoms with Crippen molar-refractivity contribution >= 4 is 6.08 Å². The predicted molar refractivity (Wildman–Crippen MR) is 84.3 cm³/mol. The summed E-state index contributed by atoms with van der Waals surface area (Å²) in [5, 5.41) is 3.89. The zero-order chi connectivity index (χ0) is 15.4. The van der Waals surface area contributed by atoms with Crippen molar-refractivity contribution in [3.05, 3.63) is 53.2 Å². The zero-order valence-electron chi connectivity index (χ0n) is 13.0. The number of nitrogens with zero attached hydrogens (tertiary/aromatic N) is 3. The molecule has 0 bridgehead atoms. The van der Waals surface area contributed by atoms with Gasteiger partial charge in [-0.25, -0.2) is 0 Å². The van der Waals surface area contributed by atoms with Gasteiger partial charge in [0.25, 0.3) is 0 Å². The number of rotatable bonds is 4. The van der Waals surface area contributed by atoms with Gasteiger partial charge in [0, 0.05) is 13.1 Å². The van der Waals surface area contributed by atoms with Crippen LogP contribution in [0.15, 0.2) is 40.4 Å². The van der Waals surface area contributed by atoms with Crippen molar-refractivity contribution in [1.29, 1.82) is 0 Å². The molecule has 1 atom stereocenters. The summed E-state index contributed by atoms with van der Waals surface area (Å²) in [4.78, 5) is 6.70. The van der Waals surface area contributed by atoms with E-state index in [1.54, 1.807) is 0 Å². The standard InChI is InChI=1S/C17H21N3O2/c1-13(10-15-6-4-3-5-7-15)11-20-8-9-21-12-16(20)17-18-14(2)19-22-17/h3-7,10,16H,8-9,11-12H2,1-2H3. The molecule has 1 aliphatic rings. The van der Waals surface area contributed by atoms with E-state index in [4.69, 9.17) is 9.26 Å². The molecular weight excluding hydrogens is 278 g/mol. The van der Waals surface area contributed by atoms with Crippen LogP contribution in [0.25, 0.3) is 6.08 Å². The van der Waals surface area contributed by atoms with E-state index in [0.717, 1.165) is 19.7 Å². The average Bonchev–Trinajstić information content (AvgIpc) is 2.95. The second kappa shape index (κ2) is 6.85. The topological polar surface area (TPSA) is 51.4 Å². The molecule has 116 valence electrons. The average molecular weight is 299 g/mol. The number of aryl methyl sites for hydroxylation is 1. The van der Waals surface area contributed by atoms with Crippen molar-refractivity contribution in [2.45, 2.75) is 19.9 Å². The van der Waals surface area contributed by atoms with E-state index in [2.05, 4.69) is 52.3 Å². The van der Waals surface area contributed by atoms with Crippen molar-refractivity contribution in [3.63, 3.8) is 0 Å². The molecule has 0 saturated carbocycles.